The molecule has 0 saturated heterocycles. The summed E-state index contributed by atoms with van der Waals surface area (Å²) < 4.78 is 0. The number of hydrogen-bond acceptors (Lipinski definition) is 8. The number of rotatable bonds is 14. The minimum atomic E-state index is -1.04. The predicted molar refractivity (Wildman–Crippen MR) is 165 cm³/mol. The Morgan fingerprint density at radius 2 is 1.78 bits per heavy atom. The number of unbranched alkanes of at least 4 members (excludes halogenated alkanes) is 1. The molecule has 9 nitrogen and oxygen atoms in total. The lowest BCUT2D eigenvalue weighted by molar-refractivity contribution is -0.139. The number of nitrogens with one attached hydrogen (secondary N) is 2. The van der Waals surface area contributed by atoms with Gasteiger partial charge in [-0.25, -0.2) is 14.8 Å². The number of aryl methyl sites for hydroxylation is 1. The third kappa shape index (κ3) is 7.45. The van der Waals surface area contributed by atoms with E-state index in [1.54, 1.807) is 17.8 Å². The number of anilines is 1. The molecule has 0 fully saturated rings. The maximum Gasteiger partial charge on any atom is 0.326 e. The number of carboxylic acid groups (broad SMARTS) is 1. The molecule has 2 atom stereocenters. The first kappa shape index (κ1) is 30.1. The molecule has 1 heterocycles. The third-order valence-electron chi connectivity index (χ3n) is 7.03. The molecule has 0 radical (unpaired) electrons. The molecule has 0 aromatic heterocycles. The van der Waals surface area contributed by atoms with Crippen molar-refractivity contribution < 1.29 is 14.7 Å². The SMILES string of the molecule is CCCCN1N=NN(c2ccccc2)C1NCc1cccc(C(=O)N[C@@H](CCSC)C(=O)O)c1-c1ccccc1C. The summed E-state index contributed by atoms with van der Waals surface area (Å²) in [4.78, 5) is 25.5. The molecule has 1 unspecified atom stereocenters. The molecule has 10 heteroatoms. The Morgan fingerprint density at radius 1 is 1.02 bits per heavy atom. The second kappa shape index (κ2) is 14.7. The molecule has 1 aliphatic rings. The van der Waals surface area contributed by atoms with Crippen LogP contribution < -0.4 is 15.6 Å². The highest BCUT2D eigenvalue weighted by Crippen LogP contribution is 2.32. The van der Waals surface area contributed by atoms with Gasteiger partial charge in [-0.2, -0.15) is 11.8 Å². The maximum absolute atomic E-state index is 13.6. The smallest absolute Gasteiger partial charge is 0.326 e. The summed E-state index contributed by atoms with van der Waals surface area (Å²) in [5.41, 5.74) is 5.01. The van der Waals surface area contributed by atoms with E-state index < -0.39 is 17.9 Å². The van der Waals surface area contributed by atoms with E-state index >= 15 is 0 Å². The van der Waals surface area contributed by atoms with Crippen molar-refractivity contribution in [3.8, 4) is 11.1 Å². The van der Waals surface area contributed by atoms with Crippen molar-refractivity contribution in [2.24, 2.45) is 10.4 Å². The van der Waals surface area contributed by atoms with Gasteiger partial charge in [-0.15, -0.1) is 0 Å². The number of benzene rings is 3. The first-order chi connectivity index (χ1) is 19.9. The number of carbonyl (C=O) groups is 2. The van der Waals surface area contributed by atoms with Gasteiger partial charge in [-0.05, 0) is 82.7 Å². The van der Waals surface area contributed by atoms with E-state index in [2.05, 4.69) is 28.0 Å². The fourth-order valence-electron chi connectivity index (χ4n) is 4.81. The molecule has 3 aromatic rings. The van der Waals surface area contributed by atoms with Crippen molar-refractivity contribution in [3.05, 3.63) is 89.5 Å². The summed E-state index contributed by atoms with van der Waals surface area (Å²) in [7, 11) is 0. The highest BCUT2D eigenvalue weighted by atomic mass is 32.2. The molecular weight excluding hydrogens is 536 g/mol. The molecule has 4 rings (SSSR count). The third-order valence-corrected chi connectivity index (χ3v) is 7.67. The van der Waals surface area contributed by atoms with Crippen molar-refractivity contribution in [2.45, 2.75) is 52.0 Å². The van der Waals surface area contributed by atoms with Crippen LogP contribution in [0.15, 0.2) is 83.2 Å². The molecule has 0 saturated carbocycles. The largest absolute Gasteiger partial charge is 0.480 e. The summed E-state index contributed by atoms with van der Waals surface area (Å²) in [6.45, 7) is 5.34. The normalized spacial score (nSPS) is 15.2. The lowest BCUT2D eigenvalue weighted by Crippen LogP contribution is -2.49. The Morgan fingerprint density at radius 3 is 2.49 bits per heavy atom. The minimum absolute atomic E-state index is 0.311. The van der Waals surface area contributed by atoms with Crippen LogP contribution in [-0.2, 0) is 11.3 Å². The van der Waals surface area contributed by atoms with Gasteiger partial charge >= 0.3 is 5.97 Å². The zero-order valence-electron chi connectivity index (χ0n) is 23.8. The van der Waals surface area contributed by atoms with Crippen molar-refractivity contribution in [1.82, 2.24) is 15.6 Å². The van der Waals surface area contributed by atoms with Crippen molar-refractivity contribution in [2.75, 3.05) is 23.6 Å². The van der Waals surface area contributed by atoms with Gasteiger partial charge in [0.1, 0.15) is 6.04 Å². The van der Waals surface area contributed by atoms with Gasteiger partial charge in [-0.3, -0.25) is 10.1 Å². The Hall–Kier alpha value is -3.89. The average molecular weight is 575 g/mol. The number of carboxylic acids is 1. The number of nitrogens with zero attached hydrogens (tertiary/aromatic N) is 4. The first-order valence-electron chi connectivity index (χ1n) is 13.9. The molecule has 0 bridgehead atoms. The first-order valence-corrected chi connectivity index (χ1v) is 15.3. The number of carbonyl (C=O) groups excluding carboxylic acids is 1. The zero-order valence-corrected chi connectivity index (χ0v) is 24.6. The number of thioether (sulfide) groups is 1. The highest BCUT2D eigenvalue weighted by Gasteiger charge is 2.31. The molecule has 1 aliphatic heterocycles. The lowest BCUT2D eigenvalue weighted by Gasteiger charge is -2.29. The van der Waals surface area contributed by atoms with E-state index in [4.69, 9.17) is 0 Å². The Labute approximate surface area is 246 Å². The van der Waals surface area contributed by atoms with Crippen molar-refractivity contribution >= 4 is 29.3 Å². The minimum Gasteiger partial charge on any atom is -0.480 e. The van der Waals surface area contributed by atoms with E-state index in [-0.39, 0.29) is 6.29 Å². The van der Waals surface area contributed by atoms with E-state index in [0.29, 0.717) is 24.3 Å². The molecule has 1 amide bonds. The quantitative estimate of drug-likeness (QED) is 0.221. The van der Waals surface area contributed by atoms with Crippen molar-refractivity contribution in [3.63, 3.8) is 0 Å². The summed E-state index contributed by atoms with van der Waals surface area (Å²) in [5.74, 6) is -0.806. The monoisotopic (exact) mass is 574 g/mol. The highest BCUT2D eigenvalue weighted by molar-refractivity contribution is 7.98. The van der Waals surface area contributed by atoms with E-state index in [1.807, 2.05) is 89.9 Å². The van der Waals surface area contributed by atoms with Crippen LogP contribution in [0.4, 0.5) is 5.69 Å². The van der Waals surface area contributed by atoms with Crippen LogP contribution in [0.3, 0.4) is 0 Å². The van der Waals surface area contributed by atoms with Gasteiger partial charge in [0.15, 0.2) is 6.29 Å². The standard InChI is InChI=1S/C31H38N6O3S/c1-4-5-19-36-31(37(35-34-36)24-14-7-6-8-15-24)32-21-23-13-11-17-26(28(23)25-16-10-9-12-22(25)2)29(38)33-27(30(39)40)18-20-41-3/h6-17,27,31-32H,4-5,18-21H2,1-3H3,(H,33,38)(H,39,40)/t27-,31?/m0/s1. The lowest BCUT2D eigenvalue weighted by atomic mass is 9.91. The topological polar surface area (TPSA) is 110 Å². The van der Waals surface area contributed by atoms with Crippen LogP contribution in [0.25, 0.3) is 11.1 Å². The van der Waals surface area contributed by atoms with Gasteiger partial charge in [0, 0.05) is 18.7 Å². The summed E-state index contributed by atoms with van der Waals surface area (Å²) >= 11 is 1.55. The summed E-state index contributed by atoms with van der Waals surface area (Å²) in [5, 5.41) is 28.8. The molecular formula is C31H38N6O3S. The van der Waals surface area contributed by atoms with Crippen LogP contribution in [0.2, 0.25) is 0 Å². The van der Waals surface area contributed by atoms with E-state index in [0.717, 1.165) is 47.3 Å². The summed E-state index contributed by atoms with van der Waals surface area (Å²) in [6, 6.07) is 22.5. The van der Waals surface area contributed by atoms with Crippen molar-refractivity contribution in [1.29, 1.82) is 0 Å². The Kier molecular flexibility index (Phi) is 10.8. The number of amides is 1. The van der Waals surface area contributed by atoms with Gasteiger partial charge in [0.25, 0.3) is 5.91 Å². The number of hydrogen-bond donors (Lipinski definition) is 3. The second-order valence-corrected chi connectivity index (χ2v) is 10.9. The molecule has 0 spiro atoms. The molecule has 41 heavy (non-hydrogen) atoms. The van der Waals surface area contributed by atoms with Gasteiger partial charge in [-0.1, -0.05) is 67.9 Å². The number of aliphatic carboxylic acids is 1. The molecule has 0 aliphatic carbocycles. The summed E-state index contributed by atoms with van der Waals surface area (Å²) in [6.07, 6.45) is 3.97. The fraction of sp³-hybridized carbons (Fsp3) is 0.355. The Bertz CT molecular complexity index is 1350. The molecule has 216 valence electrons. The van der Waals surface area contributed by atoms with Crippen LogP contribution >= 0.6 is 11.8 Å². The number of para-hydroxylation sites is 1. The Balaban J connectivity index is 1.67. The molecule has 3 N–H and O–H groups in total. The molecule has 3 aromatic carbocycles. The van der Waals surface area contributed by atoms with Crippen LogP contribution in [0.5, 0.6) is 0 Å². The van der Waals surface area contributed by atoms with Crippen LogP contribution in [0.1, 0.15) is 47.7 Å². The zero-order chi connectivity index (χ0) is 29.2. The van der Waals surface area contributed by atoms with E-state index in [9.17, 15) is 14.7 Å². The van der Waals surface area contributed by atoms with Gasteiger partial charge in [0.2, 0.25) is 0 Å². The van der Waals surface area contributed by atoms with Crippen LogP contribution in [0, 0.1) is 6.92 Å². The second-order valence-electron chi connectivity index (χ2n) is 9.93. The fourth-order valence-corrected chi connectivity index (χ4v) is 5.28. The van der Waals surface area contributed by atoms with Gasteiger partial charge < -0.3 is 10.4 Å². The van der Waals surface area contributed by atoms with Gasteiger partial charge in [0.05, 0.1) is 5.69 Å². The maximum atomic E-state index is 13.6. The van der Waals surface area contributed by atoms with Crippen LogP contribution in [-0.4, -0.2) is 52.9 Å². The van der Waals surface area contributed by atoms with E-state index in [1.165, 1.54) is 0 Å². The predicted octanol–water partition coefficient (Wildman–Crippen LogP) is 5.88. The average Bonchev–Trinajstić information content (AvgIpc) is 3.40.